The Morgan fingerprint density at radius 1 is 1.44 bits per heavy atom. The third-order valence-electron chi connectivity index (χ3n) is 1.99. The Morgan fingerprint density at radius 3 is 2.56 bits per heavy atom. The average Bonchev–Trinajstić information content (AvgIpc) is 2.29. The molecule has 0 N–H and O–H groups in total. The number of hydrogen-bond acceptors (Lipinski definition) is 3. The van der Waals surface area contributed by atoms with Crippen molar-refractivity contribution in [3.8, 4) is 0 Å². The number of benzene rings is 1. The van der Waals surface area contributed by atoms with E-state index in [1.165, 1.54) is 12.1 Å². The average molecular weight is 267 g/mol. The van der Waals surface area contributed by atoms with Crippen molar-refractivity contribution in [2.45, 2.75) is 18.7 Å². The maximum absolute atomic E-state index is 11.9. The summed E-state index contributed by atoms with van der Waals surface area (Å²) < 4.78 is 32.2. The molecule has 0 saturated carbocycles. The standard InChI is InChI=1S/C11H13N3O3S/c1-3-17-11(8-13-12)14-18(15,16)10-6-4-9(2)5-7-10/h4-8H,3H2,1-2H3/b14-11-. The van der Waals surface area contributed by atoms with Gasteiger partial charge < -0.3 is 10.3 Å². The summed E-state index contributed by atoms with van der Waals surface area (Å²) in [6, 6.07) is 6.24. The van der Waals surface area contributed by atoms with Gasteiger partial charge in [-0.05, 0) is 26.0 Å². The molecular weight excluding hydrogens is 254 g/mol. The second-order valence-corrected chi connectivity index (χ2v) is 5.00. The third-order valence-corrected chi connectivity index (χ3v) is 3.28. The Bertz CT molecular complexity index is 584. The van der Waals surface area contributed by atoms with Gasteiger partial charge in [-0.2, -0.15) is 13.2 Å². The Hall–Kier alpha value is -1.98. The van der Waals surface area contributed by atoms with Crippen molar-refractivity contribution in [3.05, 3.63) is 35.4 Å². The largest absolute Gasteiger partial charge is 0.472 e. The number of ether oxygens (including phenoxy) is 1. The molecule has 1 aromatic carbocycles. The summed E-state index contributed by atoms with van der Waals surface area (Å²) in [5.74, 6) is -0.263. The lowest BCUT2D eigenvalue weighted by molar-refractivity contribution is 0.00487. The first-order valence-corrected chi connectivity index (χ1v) is 6.65. The molecular formula is C11H13N3O3S. The van der Waals surface area contributed by atoms with E-state index < -0.39 is 10.0 Å². The van der Waals surface area contributed by atoms with Crippen LogP contribution >= 0.6 is 0 Å². The number of sulfonamides is 1. The molecule has 0 spiro atoms. The number of aryl methyl sites for hydroxylation is 1. The molecule has 6 nitrogen and oxygen atoms in total. The molecule has 0 heterocycles. The third kappa shape index (κ3) is 3.80. The van der Waals surface area contributed by atoms with E-state index in [4.69, 9.17) is 10.3 Å². The van der Waals surface area contributed by atoms with Gasteiger partial charge in [0.1, 0.15) is 0 Å². The first-order chi connectivity index (χ1) is 8.49. The van der Waals surface area contributed by atoms with Crippen molar-refractivity contribution in [3.63, 3.8) is 0 Å². The lowest BCUT2D eigenvalue weighted by Gasteiger charge is -2.01. The van der Waals surface area contributed by atoms with Crippen molar-refractivity contribution in [2.75, 3.05) is 6.61 Å². The molecule has 7 heteroatoms. The fourth-order valence-electron chi connectivity index (χ4n) is 1.17. The van der Waals surface area contributed by atoms with E-state index in [-0.39, 0.29) is 17.4 Å². The Balaban J connectivity index is 3.16. The summed E-state index contributed by atoms with van der Waals surface area (Å²) in [5, 5.41) is 0. The number of nitrogens with zero attached hydrogens (tertiary/aromatic N) is 3. The van der Waals surface area contributed by atoms with Gasteiger partial charge in [0.15, 0.2) is 0 Å². The van der Waals surface area contributed by atoms with Gasteiger partial charge in [0.05, 0.1) is 11.5 Å². The summed E-state index contributed by atoms with van der Waals surface area (Å²) in [6.45, 7) is 3.73. The van der Waals surface area contributed by atoms with Gasteiger partial charge >= 0.3 is 12.1 Å². The lowest BCUT2D eigenvalue weighted by Crippen LogP contribution is -2.10. The molecule has 18 heavy (non-hydrogen) atoms. The van der Waals surface area contributed by atoms with Crippen LogP contribution in [0.15, 0.2) is 33.6 Å². The minimum Gasteiger partial charge on any atom is -0.472 e. The van der Waals surface area contributed by atoms with Crippen molar-refractivity contribution < 1.29 is 17.9 Å². The zero-order valence-electron chi connectivity index (χ0n) is 10.1. The van der Waals surface area contributed by atoms with Crippen LogP contribution in [-0.4, -0.2) is 31.9 Å². The number of hydrogen-bond donors (Lipinski definition) is 0. The van der Waals surface area contributed by atoms with Gasteiger partial charge in [-0.3, -0.25) is 0 Å². The second-order valence-electron chi connectivity index (χ2n) is 3.40. The van der Waals surface area contributed by atoms with Crippen LogP contribution in [0.25, 0.3) is 5.53 Å². The zero-order valence-corrected chi connectivity index (χ0v) is 10.9. The molecule has 0 saturated heterocycles. The molecule has 0 radical (unpaired) electrons. The van der Waals surface area contributed by atoms with Crippen LogP contribution in [0, 0.1) is 6.92 Å². The van der Waals surface area contributed by atoms with Crippen LogP contribution < -0.4 is 0 Å². The normalized spacial score (nSPS) is 11.8. The number of rotatable bonds is 4. The van der Waals surface area contributed by atoms with E-state index in [0.29, 0.717) is 0 Å². The summed E-state index contributed by atoms with van der Waals surface area (Å²) in [7, 11) is -3.86. The van der Waals surface area contributed by atoms with Gasteiger partial charge in [-0.1, -0.05) is 17.7 Å². The van der Waals surface area contributed by atoms with Crippen molar-refractivity contribution in [1.29, 1.82) is 0 Å². The fraction of sp³-hybridized carbons (Fsp3) is 0.273. The van der Waals surface area contributed by atoms with Gasteiger partial charge in [-0.15, -0.1) is 4.40 Å². The molecule has 1 rings (SSSR count). The van der Waals surface area contributed by atoms with Crippen LogP contribution in [-0.2, 0) is 14.8 Å². The van der Waals surface area contributed by atoms with Crippen LogP contribution in [0.3, 0.4) is 0 Å². The van der Waals surface area contributed by atoms with E-state index in [2.05, 4.69) is 9.19 Å². The molecule has 0 atom stereocenters. The molecule has 0 aliphatic carbocycles. The molecule has 0 aliphatic rings. The molecule has 0 aliphatic heterocycles. The van der Waals surface area contributed by atoms with Crippen molar-refractivity contribution in [1.82, 2.24) is 0 Å². The van der Waals surface area contributed by atoms with Crippen LogP contribution in [0.5, 0.6) is 0 Å². The monoisotopic (exact) mass is 267 g/mol. The Labute approximate surface area is 106 Å². The van der Waals surface area contributed by atoms with Crippen LogP contribution in [0.2, 0.25) is 0 Å². The van der Waals surface area contributed by atoms with E-state index in [9.17, 15) is 8.42 Å². The highest BCUT2D eigenvalue weighted by molar-refractivity contribution is 7.90. The topological polar surface area (TPSA) is 92.1 Å². The fourth-order valence-corrected chi connectivity index (χ4v) is 2.09. The zero-order chi connectivity index (χ0) is 13.6. The van der Waals surface area contributed by atoms with Gasteiger partial charge in [0.2, 0.25) is 0 Å². The molecule has 0 bridgehead atoms. The molecule has 0 fully saturated rings. The van der Waals surface area contributed by atoms with E-state index in [0.717, 1.165) is 11.8 Å². The van der Waals surface area contributed by atoms with Crippen molar-refractivity contribution in [2.24, 2.45) is 4.40 Å². The van der Waals surface area contributed by atoms with Crippen LogP contribution in [0.1, 0.15) is 12.5 Å². The first-order valence-electron chi connectivity index (χ1n) is 5.21. The molecule has 96 valence electrons. The van der Waals surface area contributed by atoms with E-state index in [1.54, 1.807) is 19.1 Å². The maximum atomic E-state index is 11.9. The highest BCUT2D eigenvalue weighted by Gasteiger charge is 2.15. The molecule has 0 unspecified atom stereocenters. The Morgan fingerprint density at radius 2 is 2.06 bits per heavy atom. The summed E-state index contributed by atoms with van der Waals surface area (Å²) in [5.41, 5.74) is 9.33. The highest BCUT2D eigenvalue weighted by Crippen LogP contribution is 2.13. The smallest absolute Gasteiger partial charge is 0.342 e. The molecule has 1 aromatic rings. The van der Waals surface area contributed by atoms with E-state index >= 15 is 0 Å². The maximum Gasteiger partial charge on any atom is 0.342 e. The SMILES string of the molecule is CCO/C(C=[N+]=[N-])=N\S(=O)(=O)c1ccc(C)cc1. The predicted molar refractivity (Wildman–Crippen MR) is 67.1 cm³/mol. The minimum absolute atomic E-state index is 0.0524. The Kier molecular flexibility index (Phi) is 4.76. The first kappa shape index (κ1) is 14.1. The van der Waals surface area contributed by atoms with Gasteiger partial charge in [-0.25, -0.2) is 0 Å². The molecule has 0 aromatic heterocycles. The summed E-state index contributed by atoms with van der Waals surface area (Å²) in [6.07, 6.45) is 0.829. The van der Waals surface area contributed by atoms with Gasteiger partial charge in [0, 0.05) is 0 Å². The van der Waals surface area contributed by atoms with Gasteiger partial charge in [0.25, 0.3) is 10.0 Å². The highest BCUT2D eigenvalue weighted by atomic mass is 32.2. The quantitative estimate of drug-likeness (QED) is 0.357. The van der Waals surface area contributed by atoms with E-state index in [1.807, 2.05) is 6.92 Å². The second kappa shape index (κ2) is 6.09. The van der Waals surface area contributed by atoms with Crippen LogP contribution in [0.4, 0.5) is 0 Å². The lowest BCUT2D eigenvalue weighted by atomic mass is 10.2. The predicted octanol–water partition coefficient (Wildman–Crippen LogP) is 1.42. The van der Waals surface area contributed by atoms with Crippen molar-refractivity contribution >= 4 is 22.1 Å². The minimum atomic E-state index is -3.86. The molecule has 0 amide bonds. The summed E-state index contributed by atoms with van der Waals surface area (Å²) >= 11 is 0. The summed E-state index contributed by atoms with van der Waals surface area (Å²) in [4.78, 5) is 2.75.